The van der Waals surface area contributed by atoms with Crippen LogP contribution in [0.3, 0.4) is 0 Å². The average Bonchev–Trinajstić information content (AvgIpc) is 2.47. The summed E-state index contributed by atoms with van der Waals surface area (Å²) in [7, 11) is 1.84. The summed E-state index contributed by atoms with van der Waals surface area (Å²) in [5.41, 5.74) is 3.33. The van der Waals surface area contributed by atoms with Crippen LogP contribution >= 0.6 is 0 Å². The molecule has 0 aliphatic carbocycles. The van der Waals surface area contributed by atoms with Gasteiger partial charge in [-0.25, -0.2) is 4.39 Å². The first-order valence-electron chi connectivity index (χ1n) is 6.86. The normalized spacial score (nSPS) is 11.8. The second kappa shape index (κ2) is 6.39. The van der Waals surface area contributed by atoms with Crippen LogP contribution in [0.15, 0.2) is 42.5 Å². The molecule has 0 aromatic heterocycles. The van der Waals surface area contributed by atoms with Crippen molar-refractivity contribution in [1.29, 1.82) is 0 Å². The van der Waals surface area contributed by atoms with Gasteiger partial charge in [0.2, 0.25) is 0 Å². The Hall–Kier alpha value is -2.36. The smallest absolute Gasteiger partial charge is 0.251 e. The fraction of sp³-hybridized carbons (Fsp3) is 0.235. The molecule has 110 valence electrons. The van der Waals surface area contributed by atoms with Gasteiger partial charge in [0, 0.05) is 18.3 Å². The van der Waals surface area contributed by atoms with Crippen molar-refractivity contribution >= 4 is 11.6 Å². The molecule has 1 amide bonds. The number of hydrogen-bond acceptors (Lipinski definition) is 2. The van der Waals surface area contributed by atoms with E-state index in [1.165, 1.54) is 12.1 Å². The zero-order valence-corrected chi connectivity index (χ0v) is 12.4. The van der Waals surface area contributed by atoms with Gasteiger partial charge < -0.3 is 10.6 Å². The molecule has 4 heteroatoms. The quantitative estimate of drug-likeness (QED) is 0.900. The zero-order valence-electron chi connectivity index (χ0n) is 12.4. The van der Waals surface area contributed by atoms with Gasteiger partial charge in [0.05, 0.1) is 6.04 Å². The van der Waals surface area contributed by atoms with Crippen molar-refractivity contribution in [3.05, 3.63) is 65.0 Å². The highest BCUT2D eigenvalue weighted by atomic mass is 19.1. The van der Waals surface area contributed by atoms with E-state index >= 15 is 0 Å². The van der Waals surface area contributed by atoms with Crippen LogP contribution in [-0.2, 0) is 0 Å². The molecule has 2 aromatic rings. The van der Waals surface area contributed by atoms with E-state index in [4.69, 9.17) is 0 Å². The van der Waals surface area contributed by atoms with E-state index in [9.17, 15) is 9.18 Å². The first kappa shape index (κ1) is 15.0. The third kappa shape index (κ3) is 3.60. The number of halogens is 1. The van der Waals surface area contributed by atoms with Crippen LogP contribution in [-0.4, -0.2) is 13.0 Å². The standard InChI is InChI=1S/C17H19FN2O/c1-11-9-14(7-8-16(11)19-3)17(21)20-12(2)13-5-4-6-15(18)10-13/h4-10,12,19H,1-3H3,(H,20,21). The highest BCUT2D eigenvalue weighted by Crippen LogP contribution is 2.18. The van der Waals surface area contributed by atoms with Crippen molar-refractivity contribution in [3.8, 4) is 0 Å². The van der Waals surface area contributed by atoms with Gasteiger partial charge in [0.1, 0.15) is 5.82 Å². The Bertz CT molecular complexity index is 655. The molecule has 0 aliphatic heterocycles. The molecule has 2 rings (SSSR count). The lowest BCUT2D eigenvalue weighted by atomic mass is 10.1. The Morgan fingerprint density at radius 1 is 1.19 bits per heavy atom. The predicted molar refractivity (Wildman–Crippen MR) is 83.0 cm³/mol. The molecule has 0 bridgehead atoms. The SMILES string of the molecule is CNc1ccc(C(=O)NC(C)c2cccc(F)c2)cc1C. The Balaban J connectivity index is 2.12. The lowest BCUT2D eigenvalue weighted by Gasteiger charge is -2.15. The number of benzene rings is 2. The molecular weight excluding hydrogens is 267 g/mol. The molecule has 2 N–H and O–H groups in total. The lowest BCUT2D eigenvalue weighted by Crippen LogP contribution is -2.26. The number of amides is 1. The fourth-order valence-corrected chi connectivity index (χ4v) is 2.22. The first-order valence-corrected chi connectivity index (χ1v) is 6.86. The van der Waals surface area contributed by atoms with Crippen molar-refractivity contribution < 1.29 is 9.18 Å². The average molecular weight is 286 g/mol. The van der Waals surface area contributed by atoms with Crippen LogP contribution in [0.5, 0.6) is 0 Å². The number of nitrogens with one attached hydrogen (secondary N) is 2. The molecule has 0 saturated carbocycles. The van der Waals surface area contributed by atoms with Crippen molar-refractivity contribution in [2.24, 2.45) is 0 Å². The minimum Gasteiger partial charge on any atom is -0.388 e. The Morgan fingerprint density at radius 2 is 1.95 bits per heavy atom. The maximum absolute atomic E-state index is 13.2. The van der Waals surface area contributed by atoms with E-state index in [2.05, 4.69) is 10.6 Å². The van der Waals surface area contributed by atoms with E-state index < -0.39 is 0 Å². The monoisotopic (exact) mass is 286 g/mol. The van der Waals surface area contributed by atoms with E-state index in [0.29, 0.717) is 5.56 Å². The van der Waals surface area contributed by atoms with E-state index in [1.807, 2.05) is 33.0 Å². The largest absolute Gasteiger partial charge is 0.388 e. The van der Waals surface area contributed by atoms with Crippen LogP contribution in [0.4, 0.5) is 10.1 Å². The number of carbonyl (C=O) groups excluding carboxylic acids is 1. The summed E-state index contributed by atoms with van der Waals surface area (Å²) < 4.78 is 13.2. The van der Waals surface area contributed by atoms with E-state index in [1.54, 1.807) is 18.2 Å². The van der Waals surface area contributed by atoms with Gasteiger partial charge in [-0.05, 0) is 55.3 Å². The van der Waals surface area contributed by atoms with Crippen LogP contribution in [0.25, 0.3) is 0 Å². The Kier molecular flexibility index (Phi) is 4.58. The maximum atomic E-state index is 13.2. The van der Waals surface area contributed by atoms with E-state index in [0.717, 1.165) is 16.8 Å². The molecule has 0 spiro atoms. The number of carbonyl (C=O) groups is 1. The highest BCUT2D eigenvalue weighted by molar-refractivity contribution is 5.95. The fourth-order valence-electron chi connectivity index (χ4n) is 2.22. The molecule has 0 aliphatic rings. The number of rotatable bonds is 4. The van der Waals surface area contributed by atoms with Crippen LogP contribution in [0, 0.1) is 12.7 Å². The first-order chi connectivity index (χ1) is 10.0. The summed E-state index contributed by atoms with van der Waals surface area (Å²) >= 11 is 0. The summed E-state index contributed by atoms with van der Waals surface area (Å²) in [5, 5.41) is 5.94. The predicted octanol–water partition coefficient (Wildman–Crippen LogP) is 3.67. The van der Waals surface area contributed by atoms with Crippen molar-refractivity contribution in [2.75, 3.05) is 12.4 Å². The third-order valence-corrected chi connectivity index (χ3v) is 3.45. The van der Waals surface area contributed by atoms with Crippen LogP contribution < -0.4 is 10.6 Å². The summed E-state index contributed by atoms with van der Waals surface area (Å²) in [4.78, 5) is 12.2. The van der Waals surface area contributed by atoms with Crippen molar-refractivity contribution in [3.63, 3.8) is 0 Å². The molecule has 1 unspecified atom stereocenters. The highest BCUT2D eigenvalue weighted by Gasteiger charge is 2.12. The topological polar surface area (TPSA) is 41.1 Å². The van der Waals surface area contributed by atoms with Gasteiger partial charge in [-0.3, -0.25) is 4.79 Å². The maximum Gasteiger partial charge on any atom is 0.251 e. The third-order valence-electron chi connectivity index (χ3n) is 3.45. The molecule has 0 radical (unpaired) electrons. The second-order valence-corrected chi connectivity index (χ2v) is 5.03. The van der Waals surface area contributed by atoms with Gasteiger partial charge >= 0.3 is 0 Å². The summed E-state index contributed by atoms with van der Waals surface area (Å²) in [6, 6.07) is 11.5. The minimum atomic E-state index is -0.303. The summed E-state index contributed by atoms with van der Waals surface area (Å²) in [6.45, 7) is 3.78. The molecule has 3 nitrogen and oxygen atoms in total. The van der Waals surface area contributed by atoms with Crippen molar-refractivity contribution in [2.45, 2.75) is 19.9 Å². The molecule has 0 saturated heterocycles. The molecule has 0 fully saturated rings. The Morgan fingerprint density at radius 3 is 2.57 bits per heavy atom. The van der Waals surface area contributed by atoms with Crippen LogP contribution in [0.2, 0.25) is 0 Å². The summed E-state index contributed by atoms with van der Waals surface area (Å²) in [5.74, 6) is -0.472. The van der Waals surface area contributed by atoms with Crippen molar-refractivity contribution in [1.82, 2.24) is 5.32 Å². The lowest BCUT2D eigenvalue weighted by molar-refractivity contribution is 0.0939. The molecule has 1 atom stereocenters. The molecule has 2 aromatic carbocycles. The number of anilines is 1. The Labute approximate surface area is 124 Å². The molecule has 0 heterocycles. The van der Waals surface area contributed by atoms with Crippen LogP contribution in [0.1, 0.15) is 34.5 Å². The van der Waals surface area contributed by atoms with Gasteiger partial charge in [-0.2, -0.15) is 0 Å². The number of aryl methyl sites for hydroxylation is 1. The zero-order chi connectivity index (χ0) is 15.4. The summed E-state index contributed by atoms with van der Waals surface area (Å²) in [6.07, 6.45) is 0. The second-order valence-electron chi connectivity index (χ2n) is 5.03. The minimum absolute atomic E-state index is 0.169. The number of hydrogen-bond donors (Lipinski definition) is 2. The molecular formula is C17H19FN2O. The van der Waals surface area contributed by atoms with Gasteiger partial charge in [-0.1, -0.05) is 12.1 Å². The van der Waals surface area contributed by atoms with Gasteiger partial charge in [-0.15, -0.1) is 0 Å². The van der Waals surface area contributed by atoms with E-state index in [-0.39, 0.29) is 17.8 Å². The molecule has 21 heavy (non-hydrogen) atoms. The van der Waals surface area contributed by atoms with Gasteiger partial charge in [0.15, 0.2) is 0 Å². The van der Waals surface area contributed by atoms with Gasteiger partial charge in [0.25, 0.3) is 5.91 Å².